The lowest BCUT2D eigenvalue weighted by molar-refractivity contribution is 0.718. The summed E-state index contributed by atoms with van der Waals surface area (Å²) < 4.78 is 3.94. The second kappa shape index (κ2) is 4.30. The summed E-state index contributed by atoms with van der Waals surface area (Å²) in [6, 6.07) is 10.1. The monoisotopic (exact) mass is 205 g/mol. The molecule has 72 valence electrons. The molecule has 1 unspecified atom stereocenters. The Kier molecular flexibility index (Phi) is 2.86. The molecule has 0 bridgehead atoms. The van der Waals surface area contributed by atoms with E-state index >= 15 is 0 Å². The summed E-state index contributed by atoms with van der Waals surface area (Å²) in [6.45, 7) is 0. The Hall–Kier alpha value is -1.26. The van der Waals surface area contributed by atoms with Gasteiger partial charge in [-0.25, -0.2) is 4.98 Å². The van der Waals surface area contributed by atoms with Crippen molar-refractivity contribution in [1.82, 2.24) is 9.36 Å². The highest BCUT2D eigenvalue weighted by Gasteiger charge is 2.08. The first kappa shape index (κ1) is 9.30. The molecule has 1 aromatic heterocycles. The van der Waals surface area contributed by atoms with E-state index in [9.17, 15) is 0 Å². The van der Waals surface area contributed by atoms with Crippen LogP contribution in [-0.4, -0.2) is 9.36 Å². The van der Waals surface area contributed by atoms with Crippen molar-refractivity contribution in [2.24, 2.45) is 5.73 Å². The quantitative estimate of drug-likeness (QED) is 0.831. The van der Waals surface area contributed by atoms with Gasteiger partial charge in [0.1, 0.15) is 11.3 Å². The molecule has 1 atom stereocenters. The average Bonchev–Trinajstić information content (AvgIpc) is 2.72. The number of hydrogen-bond acceptors (Lipinski definition) is 4. The van der Waals surface area contributed by atoms with Gasteiger partial charge in [-0.2, -0.15) is 4.37 Å². The highest BCUT2D eigenvalue weighted by atomic mass is 32.1. The molecule has 2 N–H and O–H groups in total. The number of nitrogens with zero attached hydrogens (tertiary/aromatic N) is 2. The van der Waals surface area contributed by atoms with Crippen LogP contribution >= 0.6 is 11.5 Å². The average molecular weight is 205 g/mol. The van der Waals surface area contributed by atoms with Gasteiger partial charge < -0.3 is 5.73 Å². The SMILES string of the molecule is NC(Cc1ncns1)c1ccccc1. The number of nitrogens with two attached hydrogens (primary N) is 1. The van der Waals surface area contributed by atoms with E-state index in [4.69, 9.17) is 5.73 Å². The molecule has 4 heteroatoms. The van der Waals surface area contributed by atoms with Crippen molar-refractivity contribution >= 4 is 11.5 Å². The predicted octanol–water partition coefficient (Wildman–Crippen LogP) is 1.78. The van der Waals surface area contributed by atoms with Crippen LogP contribution in [0.15, 0.2) is 36.7 Å². The molecule has 14 heavy (non-hydrogen) atoms. The zero-order valence-corrected chi connectivity index (χ0v) is 8.45. The number of benzene rings is 1. The van der Waals surface area contributed by atoms with Crippen LogP contribution in [0.1, 0.15) is 16.6 Å². The molecule has 0 amide bonds. The van der Waals surface area contributed by atoms with Crippen LogP contribution < -0.4 is 5.73 Å². The maximum atomic E-state index is 6.03. The number of aromatic nitrogens is 2. The molecular weight excluding hydrogens is 194 g/mol. The smallest absolute Gasteiger partial charge is 0.129 e. The van der Waals surface area contributed by atoms with E-state index in [-0.39, 0.29) is 6.04 Å². The van der Waals surface area contributed by atoms with E-state index in [1.54, 1.807) is 6.33 Å². The van der Waals surface area contributed by atoms with Crippen molar-refractivity contribution in [1.29, 1.82) is 0 Å². The largest absolute Gasteiger partial charge is 0.324 e. The van der Waals surface area contributed by atoms with E-state index in [1.807, 2.05) is 30.3 Å². The van der Waals surface area contributed by atoms with Crippen LogP contribution in [0, 0.1) is 0 Å². The molecule has 3 nitrogen and oxygen atoms in total. The first-order valence-electron chi connectivity index (χ1n) is 4.42. The second-order valence-corrected chi connectivity index (χ2v) is 3.92. The molecule has 0 fully saturated rings. The third-order valence-corrected chi connectivity index (χ3v) is 2.71. The summed E-state index contributed by atoms with van der Waals surface area (Å²) in [5.41, 5.74) is 7.17. The van der Waals surface area contributed by atoms with Gasteiger partial charge in [0.15, 0.2) is 0 Å². The summed E-state index contributed by atoms with van der Waals surface area (Å²) in [7, 11) is 0. The Bertz CT molecular complexity index is 372. The molecule has 0 radical (unpaired) electrons. The van der Waals surface area contributed by atoms with Crippen LogP contribution in [0.3, 0.4) is 0 Å². The van der Waals surface area contributed by atoms with Gasteiger partial charge in [0.05, 0.1) is 0 Å². The van der Waals surface area contributed by atoms with Gasteiger partial charge in [0.2, 0.25) is 0 Å². The summed E-state index contributed by atoms with van der Waals surface area (Å²) >= 11 is 1.40. The lowest BCUT2D eigenvalue weighted by Gasteiger charge is -2.08. The number of rotatable bonds is 3. The second-order valence-electron chi connectivity index (χ2n) is 3.06. The summed E-state index contributed by atoms with van der Waals surface area (Å²) in [6.07, 6.45) is 2.33. The molecule has 0 aliphatic heterocycles. The Morgan fingerprint density at radius 3 is 2.71 bits per heavy atom. The molecule has 0 aliphatic rings. The normalized spacial score (nSPS) is 12.6. The van der Waals surface area contributed by atoms with Crippen molar-refractivity contribution in [3.05, 3.63) is 47.2 Å². The van der Waals surface area contributed by atoms with E-state index in [0.717, 1.165) is 17.0 Å². The molecule has 0 saturated heterocycles. The fourth-order valence-corrected chi connectivity index (χ4v) is 1.86. The van der Waals surface area contributed by atoms with Crippen LogP contribution in [-0.2, 0) is 6.42 Å². The first-order chi connectivity index (χ1) is 6.86. The van der Waals surface area contributed by atoms with Crippen molar-refractivity contribution < 1.29 is 0 Å². The molecule has 2 aromatic rings. The van der Waals surface area contributed by atoms with Gasteiger partial charge >= 0.3 is 0 Å². The third kappa shape index (κ3) is 2.16. The van der Waals surface area contributed by atoms with Crippen molar-refractivity contribution in [3.63, 3.8) is 0 Å². The molecule has 2 rings (SSSR count). The summed E-state index contributed by atoms with van der Waals surface area (Å²) in [5, 5.41) is 0.987. The van der Waals surface area contributed by atoms with Crippen LogP contribution in [0.4, 0.5) is 0 Å². The molecular formula is C10H11N3S. The van der Waals surface area contributed by atoms with Crippen LogP contribution in [0.5, 0.6) is 0 Å². The zero-order chi connectivity index (χ0) is 9.80. The molecule has 0 saturated carbocycles. The molecule has 0 aliphatic carbocycles. The van der Waals surface area contributed by atoms with E-state index < -0.39 is 0 Å². The number of hydrogen-bond donors (Lipinski definition) is 1. The Morgan fingerprint density at radius 1 is 1.29 bits per heavy atom. The van der Waals surface area contributed by atoms with Crippen molar-refractivity contribution in [2.75, 3.05) is 0 Å². The van der Waals surface area contributed by atoms with Crippen LogP contribution in [0.2, 0.25) is 0 Å². The maximum absolute atomic E-state index is 6.03. The molecule has 1 heterocycles. The fourth-order valence-electron chi connectivity index (χ4n) is 1.29. The standard InChI is InChI=1S/C10H11N3S/c11-9(6-10-12-7-13-14-10)8-4-2-1-3-5-8/h1-5,7,9H,6,11H2. The van der Waals surface area contributed by atoms with Gasteiger partial charge in [-0.15, -0.1) is 0 Å². The van der Waals surface area contributed by atoms with E-state index in [2.05, 4.69) is 9.36 Å². The predicted molar refractivity (Wildman–Crippen MR) is 57.0 cm³/mol. The molecule has 1 aromatic carbocycles. The summed E-state index contributed by atoms with van der Waals surface area (Å²) in [5.74, 6) is 0. The highest BCUT2D eigenvalue weighted by molar-refractivity contribution is 7.05. The summed E-state index contributed by atoms with van der Waals surface area (Å²) in [4.78, 5) is 4.11. The van der Waals surface area contributed by atoms with Crippen molar-refractivity contribution in [3.8, 4) is 0 Å². The van der Waals surface area contributed by atoms with Gasteiger partial charge in [0.25, 0.3) is 0 Å². The minimum Gasteiger partial charge on any atom is -0.324 e. The zero-order valence-electron chi connectivity index (χ0n) is 7.63. The first-order valence-corrected chi connectivity index (χ1v) is 5.19. The van der Waals surface area contributed by atoms with Gasteiger partial charge in [-0.05, 0) is 17.1 Å². The van der Waals surface area contributed by atoms with Gasteiger partial charge in [-0.1, -0.05) is 30.3 Å². The third-order valence-electron chi connectivity index (χ3n) is 2.03. The highest BCUT2D eigenvalue weighted by Crippen LogP contribution is 2.15. The minimum absolute atomic E-state index is 0.0177. The Balaban J connectivity index is 2.07. The topological polar surface area (TPSA) is 51.8 Å². The Morgan fingerprint density at radius 2 is 2.07 bits per heavy atom. The van der Waals surface area contributed by atoms with Gasteiger partial charge in [0, 0.05) is 12.5 Å². The van der Waals surface area contributed by atoms with Gasteiger partial charge in [-0.3, -0.25) is 0 Å². The minimum atomic E-state index is 0.0177. The van der Waals surface area contributed by atoms with E-state index in [1.165, 1.54) is 11.5 Å². The lowest BCUT2D eigenvalue weighted by atomic mass is 10.1. The lowest BCUT2D eigenvalue weighted by Crippen LogP contribution is -2.12. The fraction of sp³-hybridized carbons (Fsp3) is 0.200. The molecule has 0 spiro atoms. The van der Waals surface area contributed by atoms with Crippen molar-refractivity contribution in [2.45, 2.75) is 12.5 Å². The van der Waals surface area contributed by atoms with E-state index in [0.29, 0.717) is 0 Å². The maximum Gasteiger partial charge on any atom is 0.129 e. The Labute approximate surface area is 86.8 Å². The van der Waals surface area contributed by atoms with Crippen LogP contribution in [0.25, 0.3) is 0 Å².